The van der Waals surface area contributed by atoms with Crippen molar-refractivity contribution in [1.82, 2.24) is 15.5 Å². The molecule has 0 aliphatic carbocycles. The molecule has 1 aromatic rings. The first kappa shape index (κ1) is 19.9. The van der Waals surface area contributed by atoms with E-state index in [9.17, 15) is 9.59 Å². The lowest BCUT2D eigenvalue weighted by Crippen LogP contribution is -2.47. The number of hydrogen-bond donors (Lipinski definition) is 2. The van der Waals surface area contributed by atoms with Crippen molar-refractivity contribution in [3.63, 3.8) is 0 Å². The van der Waals surface area contributed by atoms with Crippen molar-refractivity contribution in [1.29, 1.82) is 0 Å². The highest BCUT2D eigenvalue weighted by atomic mass is 16.7. The van der Waals surface area contributed by atoms with Crippen LogP contribution in [-0.2, 0) is 19.1 Å². The lowest BCUT2D eigenvalue weighted by atomic mass is 10.0. The van der Waals surface area contributed by atoms with Crippen LogP contribution < -0.4 is 20.1 Å². The molecule has 3 heterocycles. The second-order valence-electron chi connectivity index (χ2n) is 7.33. The Morgan fingerprint density at radius 1 is 1.07 bits per heavy atom. The number of nitrogens with one attached hydrogen (secondary N) is 2. The molecule has 2 fully saturated rings. The van der Waals surface area contributed by atoms with E-state index in [1.165, 1.54) is 0 Å². The van der Waals surface area contributed by atoms with Crippen molar-refractivity contribution in [3.8, 4) is 11.5 Å². The van der Waals surface area contributed by atoms with Crippen LogP contribution in [0.25, 0.3) is 0 Å². The Hall–Kier alpha value is -2.36. The topological polar surface area (TPSA) is 98.4 Å². The fourth-order valence-electron chi connectivity index (χ4n) is 3.83. The zero-order valence-corrected chi connectivity index (χ0v) is 16.4. The van der Waals surface area contributed by atoms with Crippen molar-refractivity contribution in [2.45, 2.75) is 25.0 Å². The number of carbonyl (C=O) groups is 2. The molecule has 2 saturated heterocycles. The third-order valence-corrected chi connectivity index (χ3v) is 5.44. The van der Waals surface area contributed by atoms with Crippen LogP contribution in [0.3, 0.4) is 0 Å². The minimum atomic E-state index is -0.637. The van der Waals surface area contributed by atoms with Crippen LogP contribution in [0.1, 0.15) is 24.4 Å². The number of hydrogen-bond acceptors (Lipinski definition) is 7. The van der Waals surface area contributed by atoms with Gasteiger partial charge in [-0.2, -0.15) is 0 Å². The van der Waals surface area contributed by atoms with Gasteiger partial charge in [0, 0.05) is 32.8 Å². The molecule has 2 amide bonds. The first-order chi connectivity index (χ1) is 14.2. The molecule has 3 aliphatic rings. The van der Waals surface area contributed by atoms with Crippen LogP contribution in [0, 0.1) is 0 Å². The number of fused-ring (bicyclic) bond motifs is 1. The van der Waals surface area contributed by atoms with Gasteiger partial charge in [0.2, 0.25) is 6.79 Å². The summed E-state index contributed by atoms with van der Waals surface area (Å²) in [4.78, 5) is 26.7. The maximum absolute atomic E-state index is 12.3. The number of amides is 2. The highest BCUT2D eigenvalue weighted by molar-refractivity contribution is 6.35. The molecule has 1 aromatic carbocycles. The molecular weight excluding hydrogens is 378 g/mol. The molecule has 4 rings (SSSR count). The zero-order chi connectivity index (χ0) is 20.1. The molecule has 3 aliphatic heterocycles. The van der Waals surface area contributed by atoms with Gasteiger partial charge in [0.05, 0.1) is 25.4 Å². The normalized spacial score (nSPS) is 22.3. The summed E-state index contributed by atoms with van der Waals surface area (Å²) >= 11 is 0. The summed E-state index contributed by atoms with van der Waals surface area (Å²) in [5, 5.41) is 5.43. The Kier molecular flexibility index (Phi) is 6.48. The Morgan fingerprint density at radius 2 is 1.86 bits per heavy atom. The first-order valence-electron chi connectivity index (χ1n) is 10.1. The molecule has 0 unspecified atom stereocenters. The van der Waals surface area contributed by atoms with Crippen molar-refractivity contribution in [3.05, 3.63) is 23.8 Å². The van der Waals surface area contributed by atoms with Gasteiger partial charge in [-0.25, -0.2) is 0 Å². The smallest absolute Gasteiger partial charge is 0.309 e. The van der Waals surface area contributed by atoms with E-state index in [1.54, 1.807) is 0 Å². The fourth-order valence-corrected chi connectivity index (χ4v) is 3.83. The first-order valence-corrected chi connectivity index (χ1v) is 10.1. The lowest BCUT2D eigenvalue weighted by Gasteiger charge is -2.35. The minimum Gasteiger partial charge on any atom is -0.454 e. The molecule has 158 valence electrons. The van der Waals surface area contributed by atoms with Crippen molar-refractivity contribution < 1.29 is 28.5 Å². The van der Waals surface area contributed by atoms with Crippen LogP contribution in [0.4, 0.5) is 0 Å². The van der Waals surface area contributed by atoms with Crippen LogP contribution in [0.5, 0.6) is 11.5 Å². The van der Waals surface area contributed by atoms with Gasteiger partial charge in [-0.1, -0.05) is 6.07 Å². The second kappa shape index (κ2) is 9.43. The van der Waals surface area contributed by atoms with E-state index in [2.05, 4.69) is 15.5 Å². The molecule has 29 heavy (non-hydrogen) atoms. The minimum absolute atomic E-state index is 0.00137. The van der Waals surface area contributed by atoms with Gasteiger partial charge >= 0.3 is 11.8 Å². The summed E-state index contributed by atoms with van der Waals surface area (Å²) in [6.07, 6.45) is 1.90. The van der Waals surface area contributed by atoms with Gasteiger partial charge < -0.3 is 29.6 Å². The predicted molar refractivity (Wildman–Crippen MR) is 103 cm³/mol. The van der Waals surface area contributed by atoms with E-state index in [0.717, 1.165) is 31.5 Å². The molecule has 0 radical (unpaired) electrons. The number of morpholine rings is 1. The molecule has 2 N–H and O–H groups in total. The zero-order valence-electron chi connectivity index (χ0n) is 16.4. The third kappa shape index (κ3) is 4.98. The molecule has 0 spiro atoms. The van der Waals surface area contributed by atoms with Gasteiger partial charge in [-0.3, -0.25) is 14.5 Å². The Balaban J connectivity index is 1.37. The monoisotopic (exact) mass is 405 g/mol. The van der Waals surface area contributed by atoms with Crippen molar-refractivity contribution in [2.24, 2.45) is 0 Å². The number of nitrogens with zero attached hydrogens (tertiary/aromatic N) is 1. The Morgan fingerprint density at radius 3 is 2.66 bits per heavy atom. The highest BCUT2D eigenvalue weighted by Crippen LogP contribution is 2.35. The number of carbonyl (C=O) groups excluding carboxylic acids is 2. The Bertz CT molecular complexity index is 731. The van der Waals surface area contributed by atoms with E-state index >= 15 is 0 Å². The summed E-state index contributed by atoms with van der Waals surface area (Å²) < 4.78 is 21.8. The summed E-state index contributed by atoms with van der Waals surface area (Å²) in [5.74, 6) is 0.141. The van der Waals surface area contributed by atoms with Gasteiger partial charge in [0.15, 0.2) is 11.5 Å². The quantitative estimate of drug-likeness (QED) is 0.653. The molecular formula is C20H27N3O6. The average molecular weight is 405 g/mol. The van der Waals surface area contributed by atoms with Gasteiger partial charge in [0.25, 0.3) is 0 Å². The van der Waals surface area contributed by atoms with E-state index in [-0.39, 0.29) is 18.9 Å². The van der Waals surface area contributed by atoms with Gasteiger partial charge in [0.1, 0.15) is 0 Å². The van der Waals surface area contributed by atoms with E-state index < -0.39 is 11.8 Å². The SMILES string of the molecule is O=C(NC[C@H]1CCCO1)C(=O)NC[C@H](c1ccc2c(c1)OCO2)N1CCOCC1. The maximum atomic E-state index is 12.3. The predicted octanol–water partition coefficient (Wildman–Crippen LogP) is 0.200. The van der Waals surface area contributed by atoms with Crippen LogP contribution in [0.2, 0.25) is 0 Å². The molecule has 0 bridgehead atoms. The molecule has 9 heteroatoms. The van der Waals surface area contributed by atoms with Gasteiger partial charge in [-0.05, 0) is 30.5 Å². The third-order valence-electron chi connectivity index (χ3n) is 5.44. The molecule has 9 nitrogen and oxygen atoms in total. The van der Waals surface area contributed by atoms with Crippen molar-refractivity contribution in [2.75, 3.05) is 52.8 Å². The summed E-state index contributed by atoms with van der Waals surface area (Å²) in [5.41, 5.74) is 0.996. The van der Waals surface area contributed by atoms with E-state index in [4.69, 9.17) is 18.9 Å². The second-order valence-corrected chi connectivity index (χ2v) is 7.33. The molecule has 0 saturated carbocycles. The number of rotatable bonds is 6. The summed E-state index contributed by atoms with van der Waals surface area (Å²) in [6.45, 7) is 4.37. The number of ether oxygens (including phenoxy) is 4. The summed E-state index contributed by atoms with van der Waals surface area (Å²) in [7, 11) is 0. The standard InChI is InChI=1S/C20H27N3O6/c24-19(21-11-15-2-1-7-27-15)20(25)22-12-16(23-5-8-26-9-6-23)14-3-4-17-18(10-14)29-13-28-17/h3-4,10,15-16H,1-2,5-9,11-13H2,(H,21,24)(H,22,25)/t15-,16-/m1/s1. The largest absolute Gasteiger partial charge is 0.454 e. The van der Waals surface area contributed by atoms with Crippen LogP contribution in [0.15, 0.2) is 18.2 Å². The lowest BCUT2D eigenvalue weighted by molar-refractivity contribution is -0.139. The van der Waals surface area contributed by atoms with Crippen molar-refractivity contribution >= 4 is 11.8 Å². The van der Waals surface area contributed by atoms with Gasteiger partial charge in [-0.15, -0.1) is 0 Å². The summed E-state index contributed by atoms with van der Waals surface area (Å²) in [6, 6.07) is 5.69. The van der Waals surface area contributed by atoms with Crippen LogP contribution >= 0.6 is 0 Å². The maximum Gasteiger partial charge on any atom is 0.309 e. The number of benzene rings is 1. The molecule has 0 aromatic heterocycles. The molecule has 2 atom stereocenters. The fraction of sp³-hybridized carbons (Fsp3) is 0.600. The Labute approximate surface area is 169 Å². The highest BCUT2D eigenvalue weighted by Gasteiger charge is 2.27. The average Bonchev–Trinajstić information content (AvgIpc) is 3.44. The van der Waals surface area contributed by atoms with E-state index in [1.807, 2.05) is 18.2 Å². The van der Waals surface area contributed by atoms with E-state index in [0.29, 0.717) is 44.4 Å². The van der Waals surface area contributed by atoms with Crippen LogP contribution in [-0.4, -0.2) is 75.6 Å².